The van der Waals surface area contributed by atoms with Gasteiger partial charge >= 0.3 is 0 Å². The normalized spacial score (nSPS) is 10.4. The van der Waals surface area contributed by atoms with Crippen LogP contribution in [-0.2, 0) is 0 Å². The van der Waals surface area contributed by atoms with E-state index in [1.165, 1.54) is 12.8 Å². The van der Waals surface area contributed by atoms with E-state index in [1.807, 2.05) is 6.92 Å². The zero-order chi connectivity index (χ0) is 9.56. The van der Waals surface area contributed by atoms with Gasteiger partial charge in [-0.05, 0) is 19.8 Å². The molecule has 0 rings (SSSR count). The number of nitrogens with zero attached hydrogens (tertiary/aromatic N) is 1. The quantitative estimate of drug-likeness (QED) is 0.498. The summed E-state index contributed by atoms with van der Waals surface area (Å²) in [6.07, 6.45) is 2.44. The highest BCUT2D eigenvalue weighted by Gasteiger charge is 2.09. The van der Waals surface area contributed by atoms with Gasteiger partial charge in [-0.15, -0.1) is 0 Å². The first kappa shape index (κ1) is 11.5. The van der Waals surface area contributed by atoms with Crippen molar-refractivity contribution in [2.24, 2.45) is 5.92 Å². The molecule has 2 nitrogen and oxygen atoms in total. The Morgan fingerprint density at radius 3 is 2.00 bits per heavy atom. The van der Waals surface area contributed by atoms with Gasteiger partial charge in [0.15, 0.2) is 0 Å². The minimum Gasteiger partial charge on any atom is -0.361 e. The zero-order valence-corrected chi connectivity index (χ0v) is 8.85. The summed E-state index contributed by atoms with van der Waals surface area (Å²) in [5, 5.41) is 7.52. The third-order valence-electron chi connectivity index (χ3n) is 2.49. The minimum atomic E-state index is 0.699. The molecule has 2 heteroatoms. The zero-order valence-electron chi connectivity index (χ0n) is 8.85. The topological polar surface area (TPSA) is 27.1 Å². The number of nitrogens with one attached hydrogen (secondary N) is 1. The average Bonchev–Trinajstić information content (AvgIpc) is 2.06. The summed E-state index contributed by atoms with van der Waals surface area (Å²) in [6, 6.07) is 0. The Hall–Kier alpha value is -0.530. The van der Waals surface area contributed by atoms with Crippen molar-refractivity contribution >= 4 is 5.84 Å². The largest absolute Gasteiger partial charge is 0.361 e. The molecule has 0 saturated carbocycles. The predicted molar refractivity (Wildman–Crippen MR) is 54.7 cm³/mol. The number of hydrogen-bond donors (Lipinski definition) is 1. The summed E-state index contributed by atoms with van der Waals surface area (Å²) < 4.78 is 0. The van der Waals surface area contributed by atoms with Gasteiger partial charge < -0.3 is 4.90 Å². The van der Waals surface area contributed by atoms with Crippen LogP contribution in [0.4, 0.5) is 0 Å². The van der Waals surface area contributed by atoms with Crippen molar-refractivity contribution in [1.29, 1.82) is 5.41 Å². The van der Waals surface area contributed by atoms with Crippen LogP contribution in [0.15, 0.2) is 0 Å². The molecule has 0 heterocycles. The lowest BCUT2D eigenvalue weighted by Crippen LogP contribution is -2.32. The van der Waals surface area contributed by atoms with E-state index < -0.39 is 0 Å². The summed E-state index contributed by atoms with van der Waals surface area (Å²) in [5.41, 5.74) is 0. The first-order valence-corrected chi connectivity index (χ1v) is 4.95. The van der Waals surface area contributed by atoms with Crippen LogP contribution in [0.5, 0.6) is 0 Å². The van der Waals surface area contributed by atoms with Gasteiger partial charge in [0.05, 0.1) is 5.84 Å². The molecular weight excluding hydrogens is 148 g/mol. The molecule has 0 unspecified atom stereocenters. The first-order chi connectivity index (χ1) is 5.65. The number of rotatable bonds is 5. The predicted octanol–water partition coefficient (Wildman–Crippen LogP) is 2.74. The average molecular weight is 170 g/mol. The Bertz CT molecular complexity index is 128. The number of hydrogen-bond acceptors (Lipinski definition) is 1. The second kappa shape index (κ2) is 6.04. The SMILES string of the molecule is CCC(CC)CN(CC)C(C)=N. The Kier molecular flexibility index (Phi) is 5.77. The van der Waals surface area contributed by atoms with Gasteiger partial charge in [0.1, 0.15) is 0 Å². The third kappa shape index (κ3) is 3.74. The van der Waals surface area contributed by atoms with Crippen LogP contribution in [-0.4, -0.2) is 23.8 Å². The molecule has 0 aromatic carbocycles. The van der Waals surface area contributed by atoms with Gasteiger partial charge in [-0.3, -0.25) is 5.41 Å². The van der Waals surface area contributed by atoms with E-state index in [1.54, 1.807) is 0 Å². The van der Waals surface area contributed by atoms with Crippen LogP contribution in [0.1, 0.15) is 40.5 Å². The fraction of sp³-hybridized carbons (Fsp3) is 0.900. The van der Waals surface area contributed by atoms with Crippen LogP contribution in [0.2, 0.25) is 0 Å². The lowest BCUT2D eigenvalue weighted by molar-refractivity contribution is 0.332. The van der Waals surface area contributed by atoms with E-state index >= 15 is 0 Å². The Morgan fingerprint density at radius 1 is 1.25 bits per heavy atom. The molecule has 0 aromatic heterocycles. The maximum atomic E-state index is 7.52. The van der Waals surface area contributed by atoms with Crippen molar-refractivity contribution in [1.82, 2.24) is 4.90 Å². The number of amidine groups is 1. The second-order valence-corrected chi connectivity index (χ2v) is 3.31. The van der Waals surface area contributed by atoms with Crippen molar-refractivity contribution in [3.63, 3.8) is 0 Å². The van der Waals surface area contributed by atoms with Gasteiger partial charge in [0, 0.05) is 13.1 Å². The molecule has 1 N–H and O–H groups in total. The Labute approximate surface area is 76.5 Å². The summed E-state index contributed by atoms with van der Waals surface area (Å²) >= 11 is 0. The molecule has 72 valence electrons. The molecule has 0 fully saturated rings. The molecule has 0 spiro atoms. The van der Waals surface area contributed by atoms with E-state index in [2.05, 4.69) is 25.7 Å². The van der Waals surface area contributed by atoms with E-state index in [0.717, 1.165) is 19.0 Å². The maximum Gasteiger partial charge on any atom is 0.0925 e. The molecule has 0 atom stereocenters. The molecule has 0 saturated heterocycles. The van der Waals surface area contributed by atoms with Crippen molar-refractivity contribution in [2.75, 3.05) is 13.1 Å². The fourth-order valence-electron chi connectivity index (χ4n) is 1.36. The standard InChI is InChI=1S/C10H22N2/c1-5-10(6-2)8-12(7-3)9(4)11/h10-11H,5-8H2,1-4H3. The molecule has 12 heavy (non-hydrogen) atoms. The van der Waals surface area contributed by atoms with Crippen molar-refractivity contribution < 1.29 is 0 Å². The van der Waals surface area contributed by atoms with Crippen LogP contribution in [0.3, 0.4) is 0 Å². The molecular formula is C10H22N2. The van der Waals surface area contributed by atoms with E-state index in [0.29, 0.717) is 5.84 Å². The lowest BCUT2D eigenvalue weighted by Gasteiger charge is -2.25. The highest BCUT2D eigenvalue weighted by Crippen LogP contribution is 2.09. The summed E-state index contributed by atoms with van der Waals surface area (Å²) in [7, 11) is 0. The van der Waals surface area contributed by atoms with Gasteiger partial charge in [-0.25, -0.2) is 0 Å². The maximum absolute atomic E-state index is 7.52. The second-order valence-electron chi connectivity index (χ2n) is 3.31. The molecule has 0 aliphatic rings. The fourth-order valence-corrected chi connectivity index (χ4v) is 1.36. The Morgan fingerprint density at radius 2 is 1.75 bits per heavy atom. The van der Waals surface area contributed by atoms with Gasteiger partial charge in [-0.1, -0.05) is 26.7 Å². The van der Waals surface area contributed by atoms with Crippen molar-refractivity contribution in [3.05, 3.63) is 0 Å². The molecule has 0 radical (unpaired) electrons. The molecule has 0 amide bonds. The van der Waals surface area contributed by atoms with Crippen LogP contribution >= 0.6 is 0 Å². The minimum absolute atomic E-state index is 0.699. The van der Waals surface area contributed by atoms with Crippen molar-refractivity contribution in [2.45, 2.75) is 40.5 Å². The van der Waals surface area contributed by atoms with E-state index in [-0.39, 0.29) is 0 Å². The third-order valence-corrected chi connectivity index (χ3v) is 2.49. The highest BCUT2D eigenvalue weighted by molar-refractivity contribution is 5.76. The van der Waals surface area contributed by atoms with Crippen LogP contribution < -0.4 is 0 Å². The Balaban J connectivity index is 3.91. The van der Waals surface area contributed by atoms with Crippen molar-refractivity contribution in [3.8, 4) is 0 Å². The summed E-state index contributed by atoms with van der Waals surface area (Å²) in [4.78, 5) is 2.14. The smallest absolute Gasteiger partial charge is 0.0925 e. The van der Waals surface area contributed by atoms with Gasteiger partial charge in [0.2, 0.25) is 0 Å². The van der Waals surface area contributed by atoms with Gasteiger partial charge in [-0.2, -0.15) is 0 Å². The first-order valence-electron chi connectivity index (χ1n) is 4.95. The van der Waals surface area contributed by atoms with E-state index in [4.69, 9.17) is 5.41 Å². The monoisotopic (exact) mass is 170 g/mol. The van der Waals surface area contributed by atoms with Crippen LogP contribution in [0.25, 0.3) is 0 Å². The molecule has 0 bridgehead atoms. The summed E-state index contributed by atoms with van der Waals surface area (Å²) in [5.74, 6) is 1.45. The summed E-state index contributed by atoms with van der Waals surface area (Å²) in [6.45, 7) is 10.4. The lowest BCUT2D eigenvalue weighted by atomic mass is 10.0. The molecule has 0 aromatic rings. The molecule has 0 aliphatic carbocycles. The van der Waals surface area contributed by atoms with E-state index in [9.17, 15) is 0 Å². The highest BCUT2D eigenvalue weighted by atomic mass is 15.2. The van der Waals surface area contributed by atoms with Crippen LogP contribution in [0, 0.1) is 11.3 Å². The van der Waals surface area contributed by atoms with Gasteiger partial charge in [0.25, 0.3) is 0 Å². The molecule has 0 aliphatic heterocycles.